The quantitative estimate of drug-likeness (QED) is 0.800. The molecule has 2 aromatic rings. The number of aryl methyl sites for hydroxylation is 1. The van der Waals surface area contributed by atoms with E-state index in [1.54, 1.807) is 0 Å². The first kappa shape index (κ1) is 16.1. The fourth-order valence-electron chi connectivity index (χ4n) is 4.03. The number of hydrogen-bond donors (Lipinski definition) is 0. The average Bonchev–Trinajstić information content (AvgIpc) is 3.38. The molecule has 4 heteroatoms. The smallest absolute Gasteiger partial charge is 0.226 e. The predicted octanol–water partition coefficient (Wildman–Crippen LogP) is 3.67. The zero-order valence-corrected chi connectivity index (χ0v) is 14.8. The lowest BCUT2D eigenvalue weighted by molar-refractivity contribution is -0.134. The second-order valence-electron chi connectivity index (χ2n) is 7.28. The minimum atomic E-state index is 0.189. The van der Waals surface area contributed by atoms with Crippen LogP contribution in [0.15, 0.2) is 48.7 Å². The number of amides is 1. The number of imidazole rings is 1. The number of benzene rings is 1. The van der Waals surface area contributed by atoms with E-state index in [2.05, 4.69) is 57.8 Å². The summed E-state index contributed by atoms with van der Waals surface area (Å²) in [4.78, 5) is 19.3. The van der Waals surface area contributed by atoms with Crippen molar-refractivity contribution in [3.05, 3.63) is 54.4 Å². The van der Waals surface area contributed by atoms with Gasteiger partial charge in [-0.05, 0) is 32.1 Å². The van der Waals surface area contributed by atoms with Gasteiger partial charge in [-0.25, -0.2) is 4.98 Å². The van der Waals surface area contributed by atoms with Crippen LogP contribution < -0.4 is 0 Å². The van der Waals surface area contributed by atoms with Gasteiger partial charge in [-0.3, -0.25) is 4.79 Å². The molecule has 25 heavy (non-hydrogen) atoms. The monoisotopic (exact) mass is 335 g/mol. The van der Waals surface area contributed by atoms with Crippen LogP contribution in [0.1, 0.15) is 25.0 Å². The first-order valence-electron chi connectivity index (χ1n) is 9.23. The Morgan fingerprint density at radius 2 is 1.96 bits per heavy atom. The van der Waals surface area contributed by atoms with E-state index in [1.165, 1.54) is 5.69 Å². The van der Waals surface area contributed by atoms with Crippen LogP contribution in [-0.2, 0) is 11.3 Å². The van der Waals surface area contributed by atoms with Crippen molar-refractivity contribution in [2.24, 2.45) is 11.8 Å². The molecule has 0 N–H and O–H groups in total. The Kier molecular flexibility index (Phi) is 4.43. The highest BCUT2D eigenvalue weighted by Crippen LogP contribution is 2.27. The molecule has 4 nitrogen and oxygen atoms in total. The zero-order chi connectivity index (χ0) is 17.2. The summed E-state index contributed by atoms with van der Waals surface area (Å²) < 4.78 is 2.31. The molecular weight excluding hydrogens is 310 g/mol. The van der Waals surface area contributed by atoms with Gasteiger partial charge in [0.2, 0.25) is 5.91 Å². The predicted molar refractivity (Wildman–Crippen MR) is 99.0 cm³/mol. The maximum absolute atomic E-state index is 12.6. The molecule has 1 saturated heterocycles. The Morgan fingerprint density at radius 3 is 2.72 bits per heavy atom. The van der Waals surface area contributed by atoms with Crippen LogP contribution in [0.25, 0.3) is 11.4 Å². The lowest BCUT2D eigenvalue weighted by Crippen LogP contribution is -2.33. The summed E-state index contributed by atoms with van der Waals surface area (Å²) in [6.45, 7) is 4.82. The molecule has 1 fully saturated rings. The topological polar surface area (TPSA) is 38.1 Å². The second-order valence-corrected chi connectivity index (χ2v) is 7.28. The van der Waals surface area contributed by atoms with Crippen molar-refractivity contribution >= 4 is 5.91 Å². The van der Waals surface area contributed by atoms with E-state index in [1.807, 2.05) is 12.3 Å². The van der Waals surface area contributed by atoms with Crippen molar-refractivity contribution in [1.29, 1.82) is 0 Å². The molecule has 4 rings (SSSR count). The van der Waals surface area contributed by atoms with E-state index in [0.29, 0.717) is 11.8 Å². The fraction of sp³-hybridized carbons (Fsp3) is 0.429. The lowest BCUT2D eigenvalue weighted by atomic mass is 10.1. The first-order chi connectivity index (χ1) is 12.2. The number of carbonyl (C=O) groups excluding carboxylic acids is 1. The number of aromatic nitrogens is 2. The van der Waals surface area contributed by atoms with Gasteiger partial charge >= 0.3 is 0 Å². The van der Waals surface area contributed by atoms with E-state index in [0.717, 1.165) is 50.3 Å². The standard InChI is InChI=1S/C21H25N3O/c1-16-13-22-20(18-7-3-2-4-8-18)24(16)15-17-11-12-23(14-17)21(25)19-9-5-6-10-19/h2-8,13,17,19H,9-12,14-15H2,1H3. The molecule has 130 valence electrons. The van der Waals surface area contributed by atoms with Crippen molar-refractivity contribution in [2.75, 3.05) is 13.1 Å². The summed E-state index contributed by atoms with van der Waals surface area (Å²) in [5, 5.41) is 0. The molecule has 1 amide bonds. The molecule has 2 aliphatic rings. The summed E-state index contributed by atoms with van der Waals surface area (Å²) in [5.74, 6) is 2.07. The molecule has 0 bridgehead atoms. The van der Waals surface area contributed by atoms with Crippen molar-refractivity contribution in [2.45, 2.75) is 32.7 Å². The fourth-order valence-corrected chi connectivity index (χ4v) is 4.03. The summed E-state index contributed by atoms with van der Waals surface area (Å²) in [7, 11) is 0. The molecule has 0 radical (unpaired) electrons. The van der Waals surface area contributed by atoms with Crippen LogP contribution in [-0.4, -0.2) is 33.4 Å². The minimum Gasteiger partial charge on any atom is -0.342 e. The van der Waals surface area contributed by atoms with Crippen LogP contribution in [0.4, 0.5) is 0 Å². The molecule has 0 saturated carbocycles. The summed E-state index contributed by atoms with van der Waals surface area (Å²) in [6.07, 6.45) is 9.13. The second kappa shape index (κ2) is 6.87. The number of nitrogens with zero attached hydrogens (tertiary/aromatic N) is 3. The van der Waals surface area contributed by atoms with Gasteiger partial charge in [0.05, 0.1) is 0 Å². The van der Waals surface area contributed by atoms with Gasteiger partial charge in [0.25, 0.3) is 0 Å². The van der Waals surface area contributed by atoms with Gasteiger partial charge < -0.3 is 9.47 Å². The van der Waals surface area contributed by atoms with E-state index in [9.17, 15) is 4.79 Å². The maximum atomic E-state index is 12.6. The zero-order valence-electron chi connectivity index (χ0n) is 14.8. The number of hydrogen-bond acceptors (Lipinski definition) is 2. The van der Waals surface area contributed by atoms with Crippen LogP contribution in [0, 0.1) is 18.8 Å². The van der Waals surface area contributed by atoms with Crippen molar-refractivity contribution in [3.63, 3.8) is 0 Å². The molecule has 1 aromatic heterocycles. The van der Waals surface area contributed by atoms with Gasteiger partial charge in [0, 0.05) is 43.0 Å². The summed E-state index contributed by atoms with van der Waals surface area (Å²) in [5.41, 5.74) is 2.34. The number of rotatable bonds is 4. The highest BCUT2D eigenvalue weighted by atomic mass is 16.2. The van der Waals surface area contributed by atoms with Crippen molar-refractivity contribution in [3.8, 4) is 11.4 Å². The van der Waals surface area contributed by atoms with E-state index >= 15 is 0 Å². The molecule has 2 heterocycles. The van der Waals surface area contributed by atoms with E-state index in [-0.39, 0.29) is 5.92 Å². The molecule has 1 aliphatic carbocycles. The lowest BCUT2D eigenvalue weighted by Gasteiger charge is -2.21. The highest BCUT2D eigenvalue weighted by molar-refractivity contribution is 5.80. The minimum absolute atomic E-state index is 0.189. The Balaban J connectivity index is 1.45. The van der Waals surface area contributed by atoms with E-state index in [4.69, 9.17) is 0 Å². The molecule has 1 atom stereocenters. The van der Waals surface area contributed by atoms with Crippen LogP contribution in [0.2, 0.25) is 0 Å². The maximum Gasteiger partial charge on any atom is 0.226 e. The summed E-state index contributed by atoms with van der Waals surface area (Å²) >= 11 is 0. The summed E-state index contributed by atoms with van der Waals surface area (Å²) in [6, 6.07) is 10.3. The average molecular weight is 335 g/mol. The molecule has 0 spiro atoms. The van der Waals surface area contributed by atoms with E-state index < -0.39 is 0 Å². The Bertz CT molecular complexity index is 770. The normalized spacial score (nSPS) is 20.5. The van der Waals surface area contributed by atoms with Crippen molar-refractivity contribution < 1.29 is 4.79 Å². The first-order valence-corrected chi connectivity index (χ1v) is 9.23. The van der Waals surface area contributed by atoms with Gasteiger partial charge in [-0.15, -0.1) is 0 Å². The highest BCUT2D eigenvalue weighted by Gasteiger charge is 2.31. The number of carbonyl (C=O) groups is 1. The van der Waals surface area contributed by atoms with Gasteiger partial charge in [-0.1, -0.05) is 42.5 Å². The largest absolute Gasteiger partial charge is 0.342 e. The Hall–Kier alpha value is -2.36. The van der Waals surface area contributed by atoms with Crippen molar-refractivity contribution in [1.82, 2.24) is 14.5 Å². The van der Waals surface area contributed by atoms with Gasteiger partial charge in [0.1, 0.15) is 5.82 Å². The number of likely N-dealkylation sites (tertiary alicyclic amines) is 1. The third-order valence-electron chi connectivity index (χ3n) is 5.48. The van der Waals surface area contributed by atoms with Gasteiger partial charge in [0.15, 0.2) is 0 Å². The molecular formula is C21H25N3O. The molecule has 1 aromatic carbocycles. The van der Waals surface area contributed by atoms with Crippen LogP contribution in [0.5, 0.6) is 0 Å². The SMILES string of the molecule is Cc1cnc(-c2ccccc2)n1CC1CCN(C(=O)C2CC=CC2)C1. The number of allylic oxidation sites excluding steroid dienone is 2. The molecule has 1 aliphatic heterocycles. The Morgan fingerprint density at radius 1 is 1.20 bits per heavy atom. The third kappa shape index (κ3) is 3.26. The third-order valence-corrected chi connectivity index (χ3v) is 5.48. The van der Waals surface area contributed by atoms with Crippen LogP contribution in [0.3, 0.4) is 0 Å². The van der Waals surface area contributed by atoms with Gasteiger partial charge in [-0.2, -0.15) is 0 Å². The van der Waals surface area contributed by atoms with Crippen LogP contribution >= 0.6 is 0 Å². The molecule has 1 unspecified atom stereocenters. The Labute approximate surface area is 149 Å².